The van der Waals surface area contributed by atoms with Crippen LogP contribution >= 0.6 is 15.9 Å². The molecule has 0 fully saturated rings. The smallest absolute Gasteiger partial charge is 0.248 e. The fourth-order valence-corrected chi connectivity index (χ4v) is 1.62. The first-order chi connectivity index (χ1) is 6.54. The van der Waals surface area contributed by atoms with Crippen LogP contribution in [-0.2, 0) is 0 Å². The molecule has 1 rings (SSSR count). The standard InChI is InChI=1S/C11H11BrNO/c1-3-7(2)8-4-9(11(13)14)6-10(12)5-8/h3-7H,1-2H2,(H2,13,14). The molecule has 0 saturated carbocycles. The summed E-state index contributed by atoms with van der Waals surface area (Å²) in [6.07, 6.45) is 1.71. The molecule has 0 saturated heterocycles. The highest BCUT2D eigenvalue weighted by molar-refractivity contribution is 9.10. The first kappa shape index (κ1) is 11.0. The maximum absolute atomic E-state index is 11.0. The normalized spacial score (nSPS) is 12.1. The van der Waals surface area contributed by atoms with E-state index in [4.69, 9.17) is 5.73 Å². The van der Waals surface area contributed by atoms with Crippen LogP contribution in [0.3, 0.4) is 0 Å². The zero-order valence-corrected chi connectivity index (χ0v) is 9.25. The van der Waals surface area contributed by atoms with Crippen LogP contribution in [0.5, 0.6) is 0 Å². The SMILES string of the molecule is [CH2]C(C=C)c1cc(Br)cc(C(N)=O)c1. The number of amides is 1. The maximum atomic E-state index is 11.0. The Morgan fingerprint density at radius 3 is 2.64 bits per heavy atom. The minimum absolute atomic E-state index is 0.0365. The van der Waals surface area contributed by atoms with E-state index in [0.717, 1.165) is 10.0 Å². The lowest BCUT2D eigenvalue weighted by Crippen LogP contribution is -2.11. The number of benzene rings is 1. The molecule has 73 valence electrons. The lowest BCUT2D eigenvalue weighted by atomic mass is 9.99. The van der Waals surface area contributed by atoms with Gasteiger partial charge in [0.2, 0.25) is 5.91 Å². The van der Waals surface area contributed by atoms with Gasteiger partial charge in [-0.3, -0.25) is 4.79 Å². The molecule has 0 aliphatic rings. The highest BCUT2D eigenvalue weighted by atomic mass is 79.9. The zero-order chi connectivity index (χ0) is 10.7. The first-order valence-corrected chi connectivity index (χ1v) is 4.90. The van der Waals surface area contributed by atoms with Crippen LogP contribution in [0.2, 0.25) is 0 Å². The predicted octanol–water partition coefficient (Wildman–Crippen LogP) is 2.65. The quantitative estimate of drug-likeness (QED) is 0.827. The second-order valence-electron chi connectivity index (χ2n) is 2.98. The Kier molecular flexibility index (Phi) is 3.47. The predicted molar refractivity (Wildman–Crippen MR) is 61.0 cm³/mol. The highest BCUT2D eigenvalue weighted by Gasteiger charge is 2.07. The number of primary amides is 1. The molecule has 1 aromatic carbocycles. The molecular formula is C11H11BrNO. The van der Waals surface area contributed by atoms with Gasteiger partial charge in [0.15, 0.2) is 0 Å². The van der Waals surface area contributed by atoms with Crippen LogP contribution < -0.4 is 5.73 Å². The number of hydrogen-bond acceptors (Lipinski definition) is 1. The average molecular weight is 253 g/mol. The number of hydrogen-bond donors (Lipinski definition) is 1. The molecule has 1 amide bonds. The van der Waals surface area contributed by atoms with Crippen LogP contribution in [0.15, 0.2) is 35.3 Å². The number of nitrogens with two attached hydrogens (primary N) is 1. The van der Waals surface area contributed by atoms with Crippen LogP contribution in [-0.4, -0.2) is 5.91 Å². The Balaban J connectivity index is 3.19. The van der Waals surface area contributed by atoms with Crippen molar-refractivity contribution in [2.75, 3.05) is 0 Å². The van der Waals surface area contributed by atoms with Crippen molar-refractivity contribution < 1.29 is 4.79 Å². The van der Waals surface area contributed by atoms with Crippen molar-refractivity contribution in [3.63, 3.8) is 0 Å². The molecule has 0 heterocycles. The van der Waals surface area contributed by atoms with Gasteiger partial charge in [0.25, 0.3) is 0 Å². The molecule has 3 heteroatoms. The first-order valence-electron chi connectivity index (χ1n) is 4.10. The molecule has 1 unspecified atom stereocenters. The number of carbonyl (C=O) groups excluding carboxylic acids is 1. The maximum Gasteiger partial charge on any atom is 0.248 e. The van der Waals surface area contributed by atoms with Gasteiger partial charge in [0.05, 0.1) is 0 Å². The van der Waals surface area contributed by atoms with Gasteiger partial charge < -0.3 is 5.73 Å². The summed E-state index contributed by atoms with van der Waals surface area (Å²) in [7, 11) is 0. The molecular weight excluding hydrogens is 242 g/mol. The summed E-state index contributed by atoms with van der Waals surface area (Å²) in [5.41, 5.74) is 6.58. The zero-order valence-electron chi connectivity index (χ0n) is 7.66. The summed E-state index contributed by atoms with van der Waals surface area (Å²) in [5, 5.41) is 0. The number of rotatable bonds is 3. The molecule has 1 atom stereocenters. The minimum atomic E-state index is -0.441. The number of carbonyl (C=O) groups is 1. The van der Waals surface area contributed by atoms with Crippen molar-refractivity contribution >= 4 is 21.8 Å². The van der Waals surface area contributed by atoms with E-state index < -0.39 is 5.91 Å². The fourth-order valence-electron chi connectivity index (χ4n) is 1.10. The third-order valence-corrected chi connectivity index (χ3v) is 2.38. The van der Waals surface area contributed by atoms with Crippen molar-refractivity contribution in [1.82, 2.24) is 0 Å². The van der Waals surface area contributed by atoms with Gasteiger partial charge in [-0.2, -0.15) is 0 Å². The largest absolute Gasteiger partial charge is 0.366 e. The second kappa shape index (κ2) is 4.42. The van der Waals surface area contributed by atoms with E-state index in [-0.39, 0.29) is 5.92 Å². The molecule has 0 aromatic heterocycles. The number of halogens is 1. The van der Waals surface area contributed by atoms with Gasteiger partial charge in [-0.05, 0) is 30.7 Å². The monoisotopic (exact) mass is 252 g/mol. The van der Waals surface area contributed by atoms with Gasteiger partial charge in [0, 0.05) is 16.0 Å². The second-order valence-corrected chi connectivity index (χ2v) is 3.90. The summed E-state index contributed by atoms with van der Waals surface area (Å²) in [6, 6.07) is 5.31. The van der Waals surface area contributed by atoms with E-state index in [9.17, 15) is 4.79 Å². The summed E-state index contributed by atoms with van der Waals surface area (Å²) >= 11 is 3.31. The summed E-state index contributed by atoms with van der Waals surface area (Å²) in [4.78, 5) is 11.0. The van der Waals surface area contributed by atoms with Crippen LogP contribution in [0.4, 0.5) is 0 Å². The summed E-state index contributed by atoms with van der Waals surface area (Å²) in [5.74, 6) is -0.477. The van der Waals surface area contributed by atoms with Gasteiger partial charge in [-0.15, -0.1) is 6.58 Å². The fraction of sp³-hybridized carbons (Fsp3) is 0.0909. The molecule has 0 aliphatic heterocycles. The van der Waals surface area contributed by atoms with E-state index in [1.165, 1.54) is 0 Å². The van der Waals surface area contributed by atoms with Crippen molar-refractivity contribution in [1.29, 1.82) is 0 Å². The molecule has 2 N–H and O–H groups in total. The van der Waals surface area contributed by atoms with Gasteiger partial charge in [0.1, 0.15) is 0 Å². The Bertz CT molecular complexity index is 374. The van der Waals surface area contributed by atoms with E-state index in [1.807, 2.05) is 6.07 Å². The molecule has 0 aliphatic carbocycles. The molecule has 1 aromatic rings. The lowest BCUT2D eigenvalue weighted by molar-refractivity contribution is 0.1000. The summed E-state index contributed by atoms with van der Waals surface area (Å²) < 4.78 is 0.819. The van der Waals surface area contributed by atoms with E-state index in [0.29, 0.717) is 5.56 Å². The van der Waals surface area contributed by atoms with E-state index in [1.54, 1.807) is 18.2 Å². The van der Waals surface area contributed by atoms with Crippen molar-refractivity contribution in [3.05, 3.63) is 53.4 Å². The molecule has 14 heavy (non-hydrogen) atoms. The molecule has 2 nitrogen and oxygen atoms in total. The van der Waals surface area contributed by atoms with Gasteiger partial charge >= 0.3 is 0 Å². The van der Waals surface area contributed by atoms with Gasteiger partial charge in [-0.1, -0.05) is 22.0 Å². The summed E-state index contributed by atoms with van der Waals surface area (Å²) in [6.45, 7) is 7.52. The molecule has 1 radical (unpaired) electrons. The van der Waals surface area contributed by atoms with Gasteiger partial charge in [-0.25, -0.2) is 0 Å². The average Bonchev–Trinajstić information content (AvgIpc) is 2.15. The van der Waals surface area contributed by atoms with Crippen molar-refractivity contribution in [2.45, 2.75) is 5.92 Å². The lowest BCUT2D eigenvalue weighted by Gasteiger charge is -2.08. The highest BCUT2D eigenvalue weighted by Crippen LogP contribution is 2.22. The third-order valence-electron chi connectivity index (χ3n) is 1.92. The minimum Gasteiger partial charge on any atom is -0.366 e. The number of allylic oxidation sites excluding steroid dienone is 1. The Morgan fingerprint density at radius 2 is 2.14 bits per heavy atom. The van der Waals surface area contributed by atoms with E-state index in [2.05, 4.69) is 29.4 Å². The Hall–Kier alpha value is -1.09. The van der Waals surface area contributed by atoms with Crippen molar-refractivity contribution in [2.24, 2.45) is 5.73 Å². The van der Waals surface area contributed by atoms with Crippen molar-refractivity contribution in [3.8, 4) is 0 Å². The van der Waals surface area contributed by atoms with Crippen LogP contribution in [0.1, 0.15) is 21.8 Å². The van der Waals surface area contributed by atoms with Crippen LogP contribution in [0, 0.1) is 6.92 Å². The Labute approximate surface area is 91.9 Å². The van der Waals surface area contributed by atoms with Crippen LogP contribution in [0.25, 0.3) is 0 Å². The van der Waals surface area contributed by atoms with E-state index >= 15 is 0 Å². The molecule has 0 bridgehead atoms. The molecule has 0 spiro atoms. The third kappa shape index (κ3) is 2.45. The Morgan fingerprint density at radius 1 is 1.50 bits per heavy atom. The topological polar surface area (TPSA) is 43.1 Å².